The van der Waals surface area contributed by atoms with E-state index in [2.05, 4.69) is 29.7 Å². The lowest BCUT2D eigenvalue weighted by atomic mass is 10.0. The fourth-order valence-corrected chi connectivity index (χ4v) is 2.66. The normalized spacial score (nSPS) is 13.2. The van der Waals surface area contributed by atoms with Crippen LogP contribution in [0.25, 0.3) is 0 Å². The number of carbonyl (C=O) groups is 1. The Hall–Kier alpha value is -2.33. The molecule has 0 bridgehead atoms. The van der Waals surface area contributed by atoms with E-state index in [-0.39, 0.29) is 18.0 Å². The van der Waals surface area contributed by atoms with Gasteiger partial charge in [0.05, 0.1) is 7.11 Å². The van der Waals surface area contributed by atoms with Crippen LogP contribution in [0.15, 0.2) is 48.5 Å². The maximum Gasteiger partial charge on any atom is 0.282 e. The number of amides is 1. The lowest BCUT2D eigenvalue weighted by Crippen LogP contribution is -2.92. The molecule has 4 nitrogen and oxygen atoms in total. The first-order chi connectivity index (χ1) is 11.5. The smallest absolute Gasteiger partial charge is 0.282 e. The third-order valence-corrected chi connectivity index (χ3v) is 4.24. The number of aryl methyl sites for hydroxylation is 1. The molecule has 24 heavy (non-hydrogen) atoms. The molecular formula is C20H27N2O2+. The summed E-state index contributed by atoms with van der Waals surface area (Å²) in [7, 11) is 1.66. The zero-order valence-corrected chi connectivity index (χ0v) is 14.9. The highest BCUT2D eigenvalue weighted by Crippen LogP contribution is 2.17. The molecule has 128 valence electrons. The molecule has 0 aliphatic rings. The fraction of sp³-hybridized carbons (Fsp3) is 0.350. The number of anilines is 1. The SMILES string of the molecule is CC[C@@H]([NH2+][C@H](C)C(=O)Nc1ccc(C)cc1)c1ccc(OC)cc1. The molecule has 2 atom stereocenters. The molecule has 0 unspecified atom stereocenters. The van der Waals surface area contributed by atoms with Gasteiger partial charge in [-0.15, -0.1) is 0 Å². The quantitative estimate of drug-likeness (QED) is 0.821. The Morgan fingerprint density at radius 2 is 1.75 bits per heavy atom. The second-order valence-electron chi connectivity index (χ2n) is 6.12. The van der Waals surface area contributed by atoms with E-state index in [1.807, 2.05) is 50.2 Å². The standard InChI is InChI=1S/C20H26N2O2/c1-5-19(16-8-12-18(24-4)13-9-16)21-15(3)20(23)22-17-10-6-14(2)7-11-17/h6-13,15,19,21H,5H2,1-4H3,(H,22,23)/p+1/t15-,19-/m1/s1. The van der Waals surface area contributed by atoms with Gasteiger partial charge in [0.1, 0.15) is 11.8 Å². The highest BCUT2D eigenvalue weighted by molar-refractivity contribution is 5.93. The van der Waals surface area contributed by atoms with Crippen molar-refractivity contribution in [2.45, 2.75) is 39.3 Å². The van der Waals surface area contributed by atoms with E-state index >= 15 is 0 Å². The predicted molar refractivity (Wildman–Crippen MR) is 97.2 cm³/mol. The molecule has 0 heterocycles. The summed E-state index contributed by atoms with van der Waals surface area (Å²) in [6, 6.07) is 16.0. The van der Waals surface area contributed by atoms with Crippen LogP contribution < -0.4 is 15.4 Å². The Kier molecular flexibility index (Phi) is 6.38. The number of hydrogen-bond donors (Lipinski definition) is 2. The summed E-state index contributed by atoms with van der Waals surface area (Å²) in [6.45, 7) is 6.11. The van der Waals surface area contributed by atoms with Gasteiger partial charge in [0.25, 0.3) is 5.91 Å². The average molecular weight is 327 g/mol. The van der Waals surface area contributed by atoms with Crippen LogP contribution in [0.1, 0.15) is 37.4 Å². The maximum atomic E-state index is 12.4. The first-order valence-electron chi connectivity index (χ1n) is 8.40. The Morgan fingerprint density at radius 1 is 1.12 bits per heavy atom. The van der Waals surface area contributed by atoms with Gasteiger partial charge in [-0.05, 0) is 50.2 Å². The fourth-order valence-electron chi connectivity index (χ4n) is 2.66. The molecule has 2 aromatic rings. The van der Waals surface area contributed by atoms with Crippen molar-refractivity contribution in [2.24, 2.45) is 0 Å². The van der Waals surface area contributed by atoms with Gasteiger partial charge in [-0.1, -0.05) is 24.6 Å². The van der Waals surface area contributed by atoms with Gasteiger partial charge in [-0.2, -0.15) is 0 Å². The highest BCUT2D eigenvalue weighted by Gasteiger charge is 2.22. The van der Waals surface area contributed by atoms with Crippen LogP contribution in [0.2, 0.25) is 0 Å². The largest absolute Gasteiger partial charge is 0.497 e. The highest BCUT2D eigenvalue weighted by atomic mass is 16.5. The first-order valence-corrected chi connectivity index (χ1v) is 8.40. The summed E-state index contributed by atoms with van der Waals surface area (Å²) in [5.41, 5.74) is 3.22. The topological polar surface area (TPSA) is 54.9 Å². The van der Waals surface area contributed by atoms with Crippen molar-refractivity contribution in [1.82, 2.24) is 0 Å². The van der Waals surface area contributed by atoms with Gasteiger partial charge >= 0.3 is 0 Å². The van der Waals surface area contributed by atoms with Gasteiger partial charge < -0.3 is 15.4 Å². The summed E-state index contributed by atoms with van der Waals surface area (Å²) >= 11 is 0. The van der Waals surface area contributed by atoms with E-state index < -0.39 is 0 Å². The predicted octanol–water partition coefficient (Wildman–Crippen LogP) is 3.05. The minimum atomic E-state index is -0.168. The molecular weight excluding hydrogens is 300 g/mol. The third kappa shape index (κ3) is 4.83. The number of nitrogens with two attached hydrogens (primary N) is 1. The molecule has 2 aromatic carbocycles. The van der Waals surface area contributed by atoms with E-state index in [0.717, 1.165) is 17.9 Å². The van der Waals surface area contributed by atoms with Gasteiger partial charge in [0, 0.05) is 17.7 Å². The van der Waals surface area contributed by atoms with Crippen LogP contribution in [0.4, 0.5) is 5.69 Å². The van der Waals surface area contributed by atoms with Crippen molar-refractivity contribution in [3.63, 3.8) is 0 Å². The van der Waals surface area contributed by atoms with E-state index in [4.69, 9.17) is 4.74 Å². The van der Waals surface area contributed by atoms with Crippen molar-refractivity contribution in [1.29, 1.82) is 0 Å². The number of ether oxygens (including phenoxy) is 1. The Morgan fingerprint density at radius 3 is 2.29 bits per heavy atom. The molecule has 1 amide bonds. The number of quaternary nitrogens is 1. The molecule has 3 N–H and O–H groups in total. The zero-order chi connectivity index (χ0) is 17.5. The van der Waals surface area contributed by atoms with Crippen molar-refractivity contribution in [3.8, 4) is 5.75 Å². The van der Waals surface area contributed by atoms with Gasteiger partial charge in [-0.25, -0.2) is 0 Å². The Balaban J connectivity index is 1.98. The Bertz CT molecular complexity index is 650. The minimum Gasteiger partial charge on any atom is -0.497 e. The zero-order valence-electron chi connectivity index (χ0n) is 14.9. The molecule has 4 heteroatoms. The van der Waals surface area contributed by atoms with Crippen LogP contribution in [-0.4, -0.2) is 19.1 Å². The van der Waals surface area contributed by atoms with E-state index in [1.54, 1.807) is 7.11 Å². The van der Waals surface area contributed by atoms with Crippen LogP contribution >= 0.6 is 0 Å². The summed E-state index contributed by atoms with van der Waals surface area (Å²) in [5, 5.41) is 5.09. The first kappa shape index (κ1) is 18.0. The van der Waals surface area contributed by atoms with Crippen molar-refractivity contribution < 1.29 is 14.8 Å². The number of rotatable bonds is 7. The van der Waals surface area contributed by atoms with Crippen LogP contribution in [0, 0.1) is 6.92 Å². The van der Waals surface area contributed by atoms with Crippen molar-refractivity contribution in [2.75, 3.05) is 12.4 Å². The van der Waals surface area contributed by atoms with E-state index in [9.17, 15) is 4.79 Å². The number of benzene rings is 2. The second-order valence-corrected chi connectivity index (χ2v) is 6.12. The van der Waals surface area contributed by atoms with Crippen LogP contribution in [0.5, 0.6) is 5.75 Å². The van der Waals surface area contributed by atoms with Gasteiger partial charge in [0.15, 0.2) is 6.04 Å². The maximum absolute atomic E-state index is 12.4. The molecule has 0 saturated carbocycles. The van der Waals surface area contributed by atoms with Crippen LogP contribution in [0.3, 0.4) is 0 Å². The number of methoxy groups -OCH3 is 1. The number of carbonyl (C=O) groups excluding carboxylic acids is 1. The lowest BCUT2D eigenvalue weighted by molar-refractivity contribution is -0.713. The summed E-state index contributed by atoms with van der Waals surface area (Å²) in [4.78, 5) is 12.4. The number of hydrogen-bond acceptors (Lipinski definition) is 2. The van der Waals surface area contributed by atoms with Gasteiger partial charge in [-0.3, -0.25) is 4.79 Å². The van der Waals surface area contributed by atoms with Gasteiger partial charge in [0.2, 0.25) is 0 Å². The monoisotopic (exact) mass is 327 g/mol. The molecule has 0 fully saturated rings. The lowest BCUT2D eigenvalue weighted by Gasteiger charge is -2.19. The van der Waals surface area contributed by atoms with Crippen LogP contribution in [-0.2, 0) is 4.79 Å². The third-order valence-electron chi connectivity index (χ3n) is 4.24. The molecule has 0 aromatic heterocycles. The van der Waals surface area contributed by atoms with E-state index in [1.165, 1.54) is 11.1 Å². The second kappa shape index (κ2) is 8.50. The summed E-state index contributed by atoms with van der Waals surface area (Å²) < 4.78 is 5.20. The molecule has 0 saturated heterocycles. The number of nitrogens with one attached hydrogen (secondary N) is 1. The summed E-state index contributed by atoms with van der Waals surface area (Å²) in [5.74, 6) is 0.865. The molecule has 0 spiro atoms. The summed E-state index contributed by atoms with van der Waals surface area (Å²) in [6.07, 6.45) is 0.953. The van der Waals surface area contributed by atoms with Crippen molar-refractivity contribution >= 4 is 11.6 Å². The molecule has 2 rings (SSSR count). The van der Waals surface area contributed by atoms with E-state index in [0.29, 0.717) is 0 Å². The average Bonchev–Trinajstić information content (AvgIpc) is 2.61. The molecule has 0 aliphatic heterocycles. The van der Waals surface area contributed by atoms with Crippen molar-refractivity contribution in [3.05, 3.63) is 59.7 Å². The Labute approximate surface area is 144 Å². The minimum absolute atomic E-state index is 0.0193. The molecule has 0 aliphatic carbocycles. The molecule has 0 radical (unpaired) electrons.